The predicted octanol–water partition coefficient (Wildman–Crippen LogP) is 1.74. The van der Waals surface area contributed by atoms with Gasteiger partial charge in [-0.1, -0.05) is 0 Å². The Morgan fingerprint density at radius 1 is 1.47 bits per heavy atom. The second-order valence-corrected chi connectivity index (χ2v) is 3.34. The fourth-order valence-electron chi connectivity index (χ4n) is 1.65. The Labute approximate surface area is 85.7 Å². The Kier molecular flexibility index (Phi) is 2.30. The standard InChI is InChI=1S/C10H10F2N2O/c1-2-14-5-9(15)13-10-7(12)3-6(11)4-8(10)14/h3-4H,2,5H2,1H3,(H,13,15). The Morgan fingerprint density at radius 2 is 2.20 bits per heavy atom. The van der Waals surface area contributed by atoms with E-state index in [0.29, 0.717) is 12.2 Å². The molecule has 1 aromatic carbocycles. The molecule has 0 aliphatic carbocycles. The number of fused-ring (bicyclic) bond motifs is 1. The van der Waals surface area contributed by atoms with Gasteiger partial charge >= 0.3 is 0 Å². The smallest absolute Gasteiger partial charge is 0.244 e. The number of halogens is 2. The van der Waals surface area contributed by atoms with Gasteiger partial charge in [0.15, 0.2) is 5.82 Å². The summed E-state index contributed by atoms with van der Waals surface area (Å²) in [6.45, 7) is 2.49. The molecule has 1 aliphatic rings. The summed E-state index contributed by atoms with van der Waals surface area (Å²) < 4.78 is 26.3. The van der Waals surface area contributed by atoms with Crippen LogP contribution in [0.3, 0.4) is 0 Å². The van der Waals surface area contributed by atoms with Gasteiger partial charge in [-0.3, -0.25) is 4.79 Å². The molecule has 3 nitrogen and oxygen atoms in total. The number of rotatable bonds is 1. The van der Waals surface area contributed by atoms with Crippen molar-refractivity contribution in [3.63, 3.8) is 0 Å². The van der Waals surface area contributed by atoms with Gasteiger partial charge in [0.05, 0.1) is 12.2 Å². The summed E-state index contributed by atoms with van der Waals surface area (Å²) in [6.07, 6.45) is 0. The van der Waals surface area contributed by atoms with Crippen molar-refractivity contribution >= 4 is 17.3 Å². The number of nitrogens with one attached hydrogen (secondary N) is 1. The summed E-state index contributed by atoms with van der Waals surface area (Å²) in [5.74, 6) is -1.66. The molecule has 5 heteroatoms. The Bertz CT molecular complexity index is 420. The third kappa shape index (κ3) is 1.65. The van der Waals surface area contributed by atoms with Crippen LogP contribution in [0.4, 0.5) is 20.2 Å². The van der Waals surface area contributed by atoms with E-state index in [-0.39, 0.29) is 18.1 Å². The van der Waals surface area contributed by atoms with E-state index in [4.69, 9.17) is 0 Å². The lowest BCUT2D eigenvalue weighted by Crippen LogP contribution is -2.38. The molecule has 0 atom stereocenters. The van der Waals surface area contributed by atoms with E-state index in [9.17, 15) is 13.6 Å². The van der Waals surface area contributed by atoms with Gasteiger partial charge in [0.25, 0.3) is 0 Å². The van der Waals surface area contributed by atoms with Gasteiger partial charge in [-0.2, -0.15) is 0 Å². The number of hydrogen-bond acceptors (Lipinski definition) is 2. The fourth-order valence-corrected chi connectivity index (χ4v) is 1.65. The molecule has 0 saturated carbocycles. The summed E-state index contributed by atoms with van der Waals surface area (Å²) in [7, 11) is 0. The van der Waals surface area contributed by atoms with Crippen molar-refractivity contribution in [3.8, 4) is 0 Å². The second kappa shape index (κ2) is 3.49. The van der Waals surface area contributed by atoms with Crippen LogP contribution in [0.25, 0.3) is 0 Å². The molecule has 15 heavy (non-hydrogen) atoms. The van der Waals surface area contributed by atoms with E-state index in [2.05, 4.69) is 5.32 Å². The molecule has 0 fully saturated rings. The summed E-state index contributed by atoms with van der Waals surface area (Å²) >= 11 is 0. The van der Waals surface area contributed by atoms with E-state index in [1.807, 2.05) is 6.92 Å². The van der Waals surface area contributed by atoms with Crippen molar-refractivity contribution in [1.29, 1.82) is 0 Å². The molecular weight excluding hydrogens is 202 g/mol. The van der Waals surface area contributed by atoms with Crippen LogP contribution in [0.5, 0.6) is 0 Å². The van der Waals surface area contributed by atoms with Crippen molar-refractivity contribution in [1.82, 2.24) is 0 Å². The highest BCUT2D eigenvalue weighted by Gasteiger charge is 2.24. The van der Waals surface area contributed by atoms with Crippen LogP contribution < -0.4 is 10.2 Å². The van der Waals surface area contributed by atoms with Crippen molar-refractivity contribution in [3.05, 3.63) is 23.8 Å². The van der Waals surface area contributed by atoms with Crippen molar-refractivity contribution in [2.24, 2.45) is 0 Å². The van der Waals surface area contributed by atoms with Gasteiger partial charge < -0.3 is 10.2 Å². The van der Waals surface area contributed by atoms with Crippen molar-refractivity contribution in [2.75, 3.05) is 23.3 Å². The molecule has 1 aromatic rings. The van der Waals surface area contributed by atoms with E-state index in [1.165, 1.54) is 6.07 Å². The highest BCUT2D eigenvalue weighted by atomic mass is 19.1. The lowest BCUT2D eigenvalue weighted by molar-refractivity contribution is -0.115. The molecule has 0 unspecified atom stereocenters. The first-order valence-electron chi connectivity index (χ1n) is 4.65. The monoisotopic (exact) mass is 212 g/mol. The van der Waals surface area contributed by atoms with Crippen LogP contribution in [-0.4, -0.2) is 19.0 Å². The molecule has 1 aliphatic heterocycles. The third-order valence-electron chi connectivity index (χ3n) is 2.36. The topological polar surface area (TPSA) is 32.3 Å². The molecule has 0 bridgehead atoms. The molecule has 1 amide bonds. The number of amides is 1. The zero-order valence-electron chi connectivity index (χ0n) is 8.18. The number of nitrogens with zero attached hydrogens (tertiary/aromatic N) is 1. The zero-order chi connectivity index (χ0) is 11.0. The van der Waals surface area contributed by atoms with E-state index in [1.54, 1.807) is 4.90 Å². The van der Waals surface area contributed by atoms with Crippen LogP contribution in [0, 0.1) is 11.6 Å². The highest BCUT2D eigenvalue weighted by Crippen LogP contribution is 2.32. The minimum absolute atomic E-state index is 0.0644. The average Bonchev–Trinajstić information content (AvgIpc) is 2.18. The fraction of sp³-hybridized carbons (Fsp3) is 0.300. The van der Waals surface area contributed by atoms with Gasteiger partial charge in [0.2, 0.25) is 5.91 Å². The normalized spacial score (nSPS) is 14.9. The maximum Gasteiger partial charge on any atom is 0.244 e. The van der Waals surface area contributed by atoms with Crippen LogP contribution in [0.1, 0.15) is 6.92 Å². The number of likely N-dealkylation sites (N-methyl/N-ethyl adjacent to an activating group) is 1. The molecule has 80 valence electrons. The van der Waals surface area contributed by atoms with Gasteiger partial charge in [-0.25, -0.2) is 8.78 Å². The number of carbonyl (C=O) groups excluding carboxylic acids is 1. The maximum atomic E-state index is 13.3. The van der Waals surface area contributed by atoms with Crippen LogP contribution in [-0.2, 0) is 4.79 Å². The quantitative estimate of drug-likeness (QED) is 0.769. The Hall–Kier alpha value is -1.65. The lowest BCUT2D eigenvalue weighted by atomic mass is 10.2. The first-order valence-corrected chi connectivity index (χ1v) is 4.65. The third-order valence-corrected chi connectivity index (χ3v) is 2.36. The second-order valence-electron chi connectivity index (χ2n) is 3.34. The number of carbonyl (C=O) groups is 1. The maximum absolute atomic E-state index is 13.3. The molecule has 0 aromatic heterocycles. The summed E-state index contributed by atoms with van der Waals surface area (Å²) in [4.78, 5) is 12.8. The first kappa shape index (κ1) is 9.89. The Balaban J connectivity index is 2.55. The van der Waals surface area contributed by atoms with Crippen molar-refractivity contribution in [2.45, 2.75) is 6.92 Å². The first-order chi connectivity index (χ1) is 7.11. The minimum Gasteiger partial charge on any atom is -0.361 e. The summed E-state index contributed by atoms with van der Waals surface area (Å²) in [5, 5.41) is 2.40. The van der Waals surface area contributed by atoms with E-state index in [0.717, 1.165) is 6.07 Å². The summed E-state index contributed by atoms with van der Waals surface area (Å²) in [6, 6.07) is 1.99. The minimum atomic E-state index is -0.739. The molecule has 2 rings (SSSR count). The SMILES string of the molecule is CCN1CC(=O)Nc2c(F)cc(F)cc21. The van der Waals surface area contributed by atoms with Gasteiger partial charge in [-0.05, 0) is 13.0 Å². The predicted molar refractivity (Wildman–Crippen MR) is 52.9 cm³/mol. The molecule has 0 radical (unpaired) electrons. The molecule has 1 N–H and O–H groups in total. The van der Waals surface area contributed by atoms with Crippen LogP contribution in [0.15, 0.2) is 12.1 Å². The zero-order valence-corrected chi connectivity index (χ0v) is 8.18. The molecular formula is C10H10F2N2O. The Morgan fingerprint density at radius 3 is 2.87 bits per heavy atom. The lowest BCUT2D eigenvalue weighted by Gasteiger charge is -2.29. The molecule has 0 spiro atoms. The average molecular weight is 212 g/mol. The number of hydrogen-bond donors (Lipinski definition) is 1. The van der Waals surface area contributed by atoms with Crippen molar-refractivity contribution < 1.29 is 13.6 Å². The largest absolute Gasteiger partial charge is 0.361 e. The number of anilines is 2. The molecule has 1 heterocycles. The van der Waals surface area contributed by atoms with Crippen LogP contribution in [0.2, 0.25) is 0 Å². The van der Waals surface area contributed by atoms with Gasteiger partial charge in [-0.15, -0.1) is 0 Å². The summed E-state index contributed by atoms with van der Waals surface area (Å²) in [5.41, 5.74) is 0.462. The van der Waals surface area contributed by atoms with E-state index < -0.39 is 11.6 Å². The highest BCUT2D eigenvalue weighted by molar-refractivity contribution is 6.01. The van der Waals surface area contributed by atoms with Crippen LogP contribution >= 0.6 is 0 Å². The van der Waals surface area contributed by atoms with E-state index >= 15 is 0 Å². The molecule has 0 saturated heterocycles. The number of benzene rings is 1. The van der Waals surface area contributed by atoms with Gasteiger partial charge in [0, 0.05) is 12.6 Å². The van der Waals surface area contributed by atoms with Gasteiger partial charge in [0.1, 0.15) is 11.5 Å².